The Balaban J connectivity index is 2.06. The first kappa shape index (κ1) is 19.8. The molecule has 0 heterocycles. The van der Waals surface area contributed by atoms with Gasteiger partial charge in [-0.05, 0) is 48.7 Å². The van der Waals surface area contributed by atoms with Gasteiger partial charge >= 0.3 is 0 Å². The molecule has 6 nitrogen and oxygen atoms in total. The Bertz CT molecular complexity index is 893. The summed E-state index contributed by atoms with van der Waals surface area (Å²) in [7, 11) is -3.21. The fourth-order valence-electron chi connectivity index (χ4n) is 2.59. The minimum absolute atomic E-state index is 0.220. The Hall–Kier alpha value is -2.54. The van der Waals surface area contributed by atoms with Crippen molar-refractivity contribution in [2.45, 2.75) is 31.8 Å². The van der Waals surface area contributed by atoms with Gasteiger partial charge in [0.05, 0.1) is 11.4 Å². The number of guanidine groups is 1. The second-order valence-corrected chi connectivity index (χ2v) is 8.07. The maximum absolute atomic E-state index is 11.7. The molecule has 2 aromatic carbocycles. The van der Waals surface area contributed by atoms with Crippen LogP contribution < -0.4 is 10.6 Å². The van der Waals surface area contributed by atoms with Crippen molar-refractivity contribution in [3.05, 3.63) is 59.2 Å². The van der Waals surface area contributed by atoms with Gasteiger partial charge in [0, 0.05) is 19.3 Å². The summed E-state index contributed by atoms with van der Waals surface area (Å²) in [6.45, 7) is 5.46. The van der Waals surface area contributed by atoms with Crippen LogP contribution in [-0.4, -0.2) is 32.3 Å². The van der Waals surface area contributed by atoms with E-state index in [0.29, 0.717) is 23.9 Å². The van der Waals surface area contributed by atoms with Crippen molar-refractivity contribution in [3.63, 3.8) is 0 Å². The van der Waals surface area contributed by atoms with Gasteiger partial charge in [-0.1, -0.05) is 24.3 Å². The summed E-state index contributed by atoms with van der Waals surface area (Å²) in [5.74, 6) is 0.873. The van der Waals surface area contributed by atoms with Crippen molar-refractivity contribution >= 4 is 15.8 Å². The van der Waals surface area contributed by atoms with Crippen LogP contribution in [0.1, 0.15) is 23.6 Å². The van der Waals surface area contributed by atoms with Gasteiger partial charge in [0.25, 0.3) is 0 Å². The summed E-state index contributed by atoms with van der Waals surface area (Å²) in [6.07, 6.45) is 1.21. The average Bonchev–Trinajstić information content (AvgIpc) is 2.56. The third-order valence-electron chi connectivity index (χ3n) is 3.77. The van der Waals surface area contributed by atoms with Crippen LogP contribution in [0, 0.1) is 6.92 Å². The molecular weight excluding hydrogens is 350 g/mol. The molecule has 0 aliphatic heterocycles. The zero-order valence-electron chi connectivity index (χ0n) is 15.3. The number of hydrogen-bond acceptors (Lipinski definition) is 4. The molecular formula is C19H25N3O3S. The van der Waals surface area contributed by atoms with Crippen molar-refractivity contribution in [1.82, 2.24) is 10.6 Å². The molecule has 3 N–H and O–H groups in total. The number of aryl methyl sites for hydroxylation is 1. The molecule has 0 spiro atoms. The predicted octanol–water partition coefficient (Wildman–Crippen LogP) is 2.36. The summed E-state index contributed by atoms with van der Waals surface area (Å²) in [5.41, 5.74) is 2.61. The third-order valence-corrected chi connectivity index (χ3v) is 5.03. The molecule has 2 aromatic rings. The highest BCUT2D eigenvalue weighted by Gasteiger charge is 2.11. The number of sulfone groups is 1. The number of nitrogens with zero attached hydrogens (tertiary/aromatic N) is 1. The number of hydrogen-bond donors (Lipinski definition) is 3. The SMILES string of the molecule is CCNC(=NCc1cccc(O)c1)NCc1ccc(S(C)(=O)=O)c(C)c1. The number of benzene rings is 2. The average molecular weight is 375 g/mol. The standard InChI is InChI=1S/C19H25N3O3S/c1-4-20-19(21-12-15-6-5-7-17(23)11-15)22-13-16-8-9-18(14(2)10-16)26(3,24)25/h5-11,23H,4,12-13H2,1-3H3,(H2,20,21,22). The maximum atomic E-state index is 11.7. The molecule has 2 rings (SSSR count). The zero-order chi connectivity index (χ0) is 19.2. The van der Waals surface area contributed by atoms with Gasteiger partial charge in [0.15, 0.2) is 15.8 Å². The molecule has 26 heavy (non-hydrogen) atoms. The van der Waals surface area contributed by atoms with Gasteiger partial charge in [-0.25, -0.2) is 13.4 Å². The highest BCUT2D eigenvalue weighted by atomic mass is 32.2. The molecule has 0 unspecified atom stereocenters. The van der Waals surface area contributed by atoms with Crippen LogP contribution in [0.3, 0.4) is 0 Å². The van der Waals surface area contributed by atoms with Crippen LogP contribution in [0.25, 0.3) is 0 Å². The molecule has 0 radical (unpaired) electrons. The summed E-state index contributed by atoms with van der Waals surface area (Å²) in [4.78, 5) is 4.86. The minimum atomic E-state index is -3.21. The summed E-state index contributed by atoms with van der Waals surface area (Å²) in [5, 5.41) is 15.9. The molecule has 0 fully saturated rings. The quantitative estimate of drug-likeness (QED) is 0.533. The number of rotatable bonds is 6. The third kappa shape index (κ3) is 5.77. The van der Waals surface area contributed by atoms with E-state index in [2.05, 4.69) is 15.6 Å². The van der Waals surface area contributed by atoms with Crippen LogP contribution in [0.5, 0.6) is 5.75 Å². The van der Waals surface area contributed by atoms with Crippen molar-refractivity contribution in [1.29, 1.82) is 0 Å². The smallest absolute Gasteiger partial charge is 0.191 e. The number of phenolic OH excluding ortho intramolecular Hbond substituents is 1. The Morgan fingerprint density at radius 1 is 1.12 bits per heavy atom. The van der Waals surface area contributed by atoms with Crippen molar-refractivity contribution in [2.24, 2.45) is 4.99 Å². The van der Waals surface area contributed by atoms with E-state index in [0.717, 1.165) is 23.2 Å². The molecule has 0 saturated carbocycles. The van der Waals surface area contributed by atoms with E-state index in [1.54, 1.807) is 37.3 Å². The zero-order valence-corrected chi connectivity index (χ0v) is 16.1. The van der Waals surface area contributed by atoms with Crippen LogP contribution >= 0.6 is 0 Å². The highest BCUT2D eigenvalue weighted by molar-refractivity contribution is 7.90. The summed E-state index contributed by atoms with van der Waals surface area (Å²) in [6, 6.07) is 12.3. The van der Waals surface area contributed by atoms with Gasteiger partial charge in [0.2, 0.25) is 0 Å². The second kappa shape index (κ2) is 8.71. The lowest BCUT2D eigenvalue weighted by atomic mass is 10.1. The normalized spacial score (nSPS) is 12.0. The van der Waals surface area contributed by atoms with E-state index in [-0.39, 0.29) is 5.75 Å². The van der Waals surface area contributed by atoms with Crippen LogP contribution in [0.2, 0.25) is 0 Å². The maximum Gasteiger partial charge on any atom is 0.191 e. The molecule has 0 atom stereocenters. The first-order chi connectivity index (χ1) is 12.3. The van der Waals surface area contributed by atoms with Crippen molar-refractivity contribution in [2.75, 3.05) is 12.8 Å². The minimum Gasteiger partial charge on any atom is -0.508 e. The number of nitrogens with one attached hydrogen (secondary N) is 2. The number of aromatic hydroxyl groups is 1. The largest absolute Gasteiger partial charge is 0.508 e. The van der Waals surface area contributed by atoms with E-state index < -0.39 is 9.84 Å². The van der Waals surface area contributed by atoms with Crippen LogP contribution in [-0.2, 0) is 22.9 Å². The van der Waals surface area contributed by atoms with Gasteiger partial charge in [-0.2, -0.15) is 0 Å². The first-order valence-electron chi connectivity index (χ1n) is 8.39. The lowest BCUT2D eigenvalue weighted by Crippen LogP contribution is -2.36. The Labute approximate surface area is 154 Å². The van der Waals surface area contributed by atoms with E-state index >= 15 is 0 Å². The van der Waals surface area contributed by atoms with E-state index in [9.17, 15) is 13.5 Å². The monoisotopic (exact) mass is 375 g/mol. The summed E-state index contributed by atoms with van der Waals surface area (Å²) < 4.78 is 23.4. The first-order valence-corrected chi connectivity index (χ1v) is 10.3. The summed E-state index contributed by atoms with van der Waals surface area (Å²) >= 11 is 0. The molecule has 0 aromatic heterocycles. The van der Waals surface area contributed by atoms with Crippen molar-refractivity contribution in [3.8, 4) is 5.75 Å². The molecule has 0 bridgehead atoms. The fraction of sp³-hybridized carbons (Fsp3) is 0.316. The predicted molar refractivity (Wildman–Crippen MR) is 104 cm³/mol. The topological polar surface area (TPSA) is 90.8 Å². The van der Waals surface area contributed by atoms with Gasteiger partial charge in [-0.3, -0.25) is 0 Å². The molecule has 0 aliphatic carbocycles. The lowest BCUT2D eigenvalue weighted by Gasteiger charge is -2.13. The Kier molecular flexibility index (Phi) is 6.63. The van der Waals surface area contributed by atoms with Crippen molar-refractivity contribution < 1.29 is 13.5 Å². The lowest BCUT2D eigenvalue weighted by molar-refractivity contribution is 0.474. The molecule has 0 amide bonds. The van der Waals surface area contributed by atoms with Gasteiger partial charge in [0.1, 0.15) is 5.75 Å². The fourth-order valence-corrected chi connectivity index (χ4v) is 3.55. The Morgan fingerprint density at radius 3 is 2.50 bits per heavy atom. The van der Waals surface area contributed by atoms with Gasteiger partial charge < -0.3 is 15.7 Å². The van der Waals surface area contributed by atoms with E-state index in [1.165, 1.54) is 6.26 Å². The molecule has 140 valence electrons. The van der Waals surface area contributed by atoms with Gasteiger partial charge in [-0.15, -0.1) is 0 Å². The molecule has 7 heteroatoms. The molecule has 0 aliphatic rings. The van der Waals surface area contributed by atoms with Crippen LogP contribution in [0.15, 0.2) is 52.4 Å². The van der Waals surface area contributed by atoms with Crippen LogP contribution in [0.4, 0.5) is 0 Å². The Morgan fingerprint density at radius 2 is 1.88 bits per heavy atom. The second-order valence-electron chi connectivity index (χ2n) is 6.09. The van der Waals surface area contributed by atoms with E-state index in [4.69, 9.17) is 0 Å². The van der Waals surface area contributed by atoms with E-state index in [1.807, 2.05) is 19.1 Å². The number of phenols is 1. The highest BCUT2D eigenvalue weighted by Crippen LogP contribution is 2.16. The molecule has 0 saturated heterocycles. The number of aliphatic imine (C=N–C) groups is 1.